The normalized spacial score (nSPS) is 13.9. The summed E-state index contributed by atoms with van der Waals surface area (Å²) < 4.78 is 3.50. The van der Waals surface area contributed by atoms with Crippen molar-refractivity contribution >= 4 is 22.4 Å². The van der Waals surface area contributed by atoms with Crippen molar-refractivity contribution in [1.82, 2.24) is 24.6 Å². The van der Waals surface area contributed by atoms with E-state index in [2.05, 4.69) is 38.8 Å². The number of fused-ring (bicyclic) bond motifs is 2. The van der Waals surface area contributed by atoms with Gasteiger partial charge in [0.1, 0.15) is 11.4 Å². The molecule has 5 rings (SSSR count). The van der Waals surface area contributed by atoms with Crippen LogP contribution in [-0.2, 0) is 18.6 Å². The van der Waals surface area contributed by atoms with Crippen molar-refractivity contribution in [2.45, 2.75) is 52.3 Å². The number of aliphatic hydroxyl groups is 1. The zero-order valence-corrected chi connectivity index (χ0v) is 20.0. The van der Waals surface area contributed by atoms with Crippen molar-refractivity contribution < 1.29 is 5.11 Å². The van der Waals surface area contributed by atoms with Crippen molar-refractivity contribution in [2.24, 2.45) is 0 Å². The van der Waals surface area contributed by atoms with Crippen LogP contribution in [0.1, 0.15) is 50.6 Å². The summed E-state index contributed by atoms with van der Waals surface area (Å²) in [6, 6.07) is 13.6. The molecule has 0 atom stereocenters. The third kappa shape index (κ3) is 3.99. The molecule has 4 aromatic rings. The van der Waals surface area contributed by atoms with Crippen molar-refractivity contribution in [3.63, 3.8) is 0 Å². The monoisotopic (exact) mass is 458 g/mol. The third-order valence-corrected chi connectivity index (χ3v) is 6.20. The first-order chi connectivity index (χ1) is 16.2. The van der Waals surface area contributed by atoms with E-state index in [1.54, 1.807) is 30.8 Å². The molecule has 34 heavy (non-hydrogen) atoms. The topological polar surface area (TPSA) is 97.0 Å². The number of pyridine rings is 2. The molecule has 0 bridgehead atoms. The van der Waals surface area contributed by atoms with Crippen LogP contribution in [-0.4, -0.2) is 31.0 Å². The highest BCUT2D eigenvalue weighted by Crippen LogP contribution is 2.26. The van der Waals surface area contributed by atoms with Gasteiger partial charge in [0.25, 0.3) is 5.56 Å². The number of nitrogens with zero attached hydrogens (tertiary/aromatic N) is 4. The van der Waals surface area contributed by atoms with Crippen LogP contribution in [0.5, 0.6) is 0 Å². The summed E-state index contributed by atoms with van der Waals surface area (Å²) in [6.45, 7) is 9.19. The molecule has 1 aliphatic rings. The summed E-state index contributed by atoms with van der Waals surface area (Å²) in [4.78, 5) is 22.5. The minimum absolute atomic E-state index is 0.0989. The molecule has 0 unspecified atom stereocenters. The third-order valence-electron chi connectivity index (χ3n) is 6.20. The average Bonchev–Trinajstić information content (AvgIpc) is 3.10. The summed E-state index contributed by atoms with van der Waals surface area (Å²) in [6.07, 6.45) is 2.62. The lowest BCUT2D eigenvalue weighted by Gasteiger charge is -2.20. The molecule has 0 saturated heterocycles. The first kappa shape index (κ1) is 22.3. The molecule has 0 amide bonds. The molecule has 176 valence electrons. The summed E-state index contributed by atoms with van der Waals surface area (Å²) in [7, 11) is 0. The largest absolute Gasteiger partial charge is 0.384 e. The molecule has 3 aromatic heterocycles. The number of rotatable bonds is 5. The summed E-state index contributed by atoms with van der Waals surface area (Å²) in [5, 5.41) is 17.8. The van der Waals surface area contributed by atoms with Crippen molar-refractivity contribution in [3.05, 3.63) is 75.8 Å². The van der Waals surface area contributed by atoms with Gasteiger partial charge in [-0.2, -0.15) is 0 Å². The molecule has 8 heteroatoms. The van der Waals surface area contributed by atoms with E-state index in [-0.39, 0.29) is 11.6 Å². The predicted molar refractivity (Wildman–Crippen MR) is 134 cm³/mol. The van der Waals surface area contributed by atoms with Crippen LogP contribution in [0.3, 0.4) is 0 Å². The molecule has 0 fully saturated rings. The standard InChI is InChI=1S/C26H30N6O2/c1-16(2)31-25(33)20-15-28-23(29-19-9-8-18-14-27-11-10-17(18)12-19)13-21(20)32(31)24-7-5-6-22(30-24)26(3,4)34/h5-9,12-13,15-16,27,34H,10-11,14H2,1-4H3,(H,28,29). The number of aromatic nitrogens is 4. The number of hydrogen-bond acceptors (Lipinski definition) is 6. The van der Waals surface area contributed by atoms with E-state index < -0.39 is 5.60 Å². The van der Waals surface area contributed by atoms with Crippen LogP contribution in [0.4, 0.5) is 11.5 Å². The maximum Gasteiger partial charge on any atom is 0.276 e. The highest BCUT2D eigenvalue weighted by Gasteiger charge is 2.22. The van der Waals surface area contributed by atoms with E-state index >= 15 is 0 Å². The summed E-state index contributed by atoms with van der Waals surface area (Å²) in [5.74, 6) is 1.22. The SMILES string of the molecule is CC(C)n1c(=O)c2cnc(Nc3ccc4c(c3)CCNC4)cc2n1-c1cccc(C(C)(C)O)n1. The van der Waals surface area contributed by atoms with Gasteiger partial charge in [0.15, 0.2) is 5.82 Å². The Morgan fingerprint density at radius 2 is 1.97 bits per heavy atom. The van der Waals surface area contributed by atoms with Gasteiger partial charge in [-0.15, -0.1) is 0 Å². The van der Waals surface area contributed by atoms with E-state index in [0.29, 0.717) is 28.2 Å². The van der Waals surface area contributed by atoms with Gasteiger partial charge in [0.2, 0.25) is 0 Å². The van der Waals surface area contributed by atoms with Crippen molar-refractivity contribution in [2.75, 3.05) is 11.9 Å². The van der Waals surface area contributed by atoms with Crippen LogP contribution < -0.4 is 16.2 Å². The Kier molecular flexibility index (Phi) is 5.50. The smallest absolute Gasteiger partial charge is 0.276 e. The molecule has 4 heterocycles. The second kappa shape index (κ2) is 8.38. The fraction of sp³-hybridized carbons (Fsp3) is 0.346. The van der Waals surface area contributed by atoms with Gasteiger partial charge in [-0.25, -0.2) is 19.3 Å². The van der Waals surface area contributed by atoms with Gasteiger partial charge < -0.3 is 15.7 Å². The highest BCUT2D eigenvalue weighted by molar-refractivity contribution is 5.82. The zero-order chi connectivity index (χ0) is 24.0. The van der Waals surface area contributed by atoms with Crippen LogP contribution in [0.15, 0.2) is 53.5 Å². The van der Waals surface area contributed by atoms with E-state index in [9.17, 15) is 9.90 Å². The molecule has 0 aliphatic carbocycles. The Morgan fingerprint density at radius 3 is 2.74 bits per heavy atom. The van der Waals surface area contributed by atoms with Crippen LogP contribution in [0.25, 0.3) is 16.7 Å². The average molecular weight is 459 g/mol. The molecule has 0 saturated carbocycles. The first-order valence-corrected chi connectivity index (χ1v) is 11.7. The molecule has 3 N–H and O–H groups in total. The molecule has 1 aromatic carbocycles. The van der Waals surface area contributed by atoms with Crippen LogP contribution in [0, 0.1) is 0 Å². The summed E-state index contributed by atoms with van der Waals surface area (Å²) >= 11 is 0. The molecule has 1 aliphatic heterocycles. The zero-order valence-electron chi connectivity index (χ0n) is 20.0. The van der Waals surface area contributed by atoms with Gasteiger partial charge in [-0.05, 0) is 76.1 Å². The Balaban J connectivity index is 1.63. The fourth-order valence-electron chi connectivity index (χ4n) is 4.47. The maximum atomic E-state index is 13.3. The maximum absolute atomic E-state index is 13.3. The fourth-order valence-corrected chi connectivity index (χ4v) is 4.47. The van der Waals surface area contributed by atoms with Gasteiger partial charge in [0.05, 0.1) is 16.6 Å². The van der Waals surface area contributed by atoms with Gasteiger partial charge in [-0.3, -0.25) is 4.79 Å². The van der Waals surface area contributed by atoms with E-state index in [1.165, 1.54) is 11.1 Å². The number of benzene rings is 1. The quantitative estimate of drug-likeness (QED) is 0.421. The van der Waals surface area contributed by atoms with Crippen LogP contribution in [0.2, 0.25) is 0 Å². The number of nitrogens with one attached hydrogen (secondary N) is 2. The lowest BCUT2D eigenvalue weighted by atomic mass is 10.0. The van der Waals surface area contributed by atoms with Gasteiger partial charge in [0, 0.05) is 30.5 Å². The second-order valence-electron chi connectivity index (χ2n) is 9.62. The number of anilines is 2. The minimum atomic E-state index is -1.10. The Bertz CT molecular complexity index is 1430. The Hall–Kier alpha value is -3.49. The lowest BCUT2D eigenvalue weighted by molar-refractivity contribution is 0.0738. The van der Waals surface area contributed by atoms with Crippen molar-refractivity contribution in [3.8, 4) is 5.82 Å². The van der Waals surface area contributed by atoms with E-state index in [4.69, 9.17) is 0 Å². The van der Waals surface area contributed by atoms with Gasteiger partial charge in [-0.1, -0.05) is 12.1 Å². The molecular formula is C26H30N6O2. The Morgan fingerprint density at radius 1 is 1.15 bits per heavy atom. The van der Waals surface area contributed by atoms with Gasteiger partial charge >= 0.3 is 0 Å². The Labute approximate surface area is 198 Å². The first-order valence-electron chi connectivity index (χ1n) is 11.7. The predicted octanol–water partition coefficient (Wildman–Crippen LogP) is 3.78. The lowest BCUT2D eigenvalue weighted by Crippen LogP contribution is -2.25. The summed E-state index contributed by atoms with van der Waals surface area (Å²) in [5.41, 5.74) is 3.64. The second-order valence-corrected chi connectivity index (χ2v) is 9.62. The van der Waals surface area contributed by atoms with E-state index in [1.807, 2.05) is 36.7 Å². The molecular weight excluding hydrogens is 428 g/mol. The minimum Gasteiger partial charge on any atom is -0.384 e. The van der Waals surface area contributed by atoms with E-state index in [0.717, 1.165) is 25.2 Å². The van der Waals surface area contributed by atoms with Crippen LogP contribution >= 0.6 is 0 Å². The molecule has 0 radical (unpaired) electrons. The molecule has 0 spiro atoms. The number of hydrogen-bond donors (Lipinski definition) is 3. The highest BCUT2D eigenvalue weighted by atomic mass is 16.3. The molecule has 8 nitrogen and oxygen atoms in total. The van der Waals surface area contributed by atoms with Crippen molar-refractivity contribution in [1.29, 1.82) is 0 Å².